The number of nitriles is 1. The van der Waals surface area contributed by atoms with Crippen molar-refractivity contribution in [1.82, 2.24) is 9.88 Å². The largest absolute Gasteiger partial charge is 0.483 e. The lowest BCUT2D eigenvalue weighted by molar-refractivity contribution is 0.354. The molecule has 0 unspecified atom stereocenters. The highest BCUT2D eigenvalue weighted by Gasteiger charge is 2.20. The minimum absolute atomic E-state index is 0.460. The predicted molar refractivity (Wildman–Crippen MR) is 67.8 cm³/mol. The Morgan fingerprint density at radius 3 is 3.06 bits per heavy atom. The van der Waals surface area contributed by atoms with Crippen molar-refractivity contribution in [3.05, 3.63) is 40.9 Å². The molecule has 1 aliphatic rings. The molecule has 0 N–H and O–H groups in total. The van der Waals surface area contributed by atoms with Crippen molar-refractivity contribution < 1.29 is 4.74 Å². The van der Waals surface area contributed by atoms with Crippen LogP contribution in [0, 0.1) is 11.3 Å². The van der Waals surface area contributed by atoms with Gasteiger partial charge in [-0.05, 0) is 11.6 Å². The van der Waals surface area contributed by atoms with Gasteiger partial charge in [-0.1, -0.05) is 17.7 Å². The summed E-state index contributed by atoms with van der Waals surface area (Å²) >= 11 is 5.73. The topological polar surface area (TPSA) is 61.5 Å². The van der Waals surface area contributed by atoms with Crippen LogP contribution in [0.25, 0.3) is 0 Å². The maximum Gasteiger partial charge on any atom is 0.209 e. The fourth-order valence-electron chi connectivity index (χ4n) is 1.63. The Balaban J connectivity index is 2.13. The van der Waals surface area contributed by atoms with Crippen molar-refractivity contribution >= 4 is 17.5 Å². The molecule has 0 aliphatic carbocycles. The molecule has 0 bridgehead atoms. The van der Waals surface area contributed by atoms with E-state index >= 15 is 0 Å². The van der Waals surface area contributed by atoms with E-state index in [1.807, 2.05) is 17.0 Å². The first-order valence-corrected chi connectivity index (χ1v) is 5.67. The molecule has 1 aliphatic heterocycles. The molecule has 0 fully saturated rings. The molecule has 0 spiro atoms. The number of aromatic nitrogens is 1. The van der Waals surface area contributed by atoms with Crippen LogP contribution in [0.5, 0.6) is 0 Å². The summed E-state index contributed by atoms with van der Waals surface area (Å²) in [5.74, 6) is 1.20. The third-order valence-corrected chi connectivity index (χ3v) is 2.70. The molecule has 0 saturated heterocycles. The molecule has 18 heavy (non-hydrogen) atoms. The van der Waals surface area contributed by atoms with Gasteiger partial charge in [0.2, 0.25) is 5.90 Å². The van der Waals surface area contributed by atoms with Gasteiger partial charge in [0.25, 0.3) is 0 Å². The molecule has 1 aromatic heterocycles. The van der Waals surface area contributed by atoms with Gasteiger partial charge in [0.1, 0.15) is 11.0 Å². The zero-order chi connectivity index (χ0) is 13.0. The predicted octanol–water partition coefficient (Wildman–Crippen LogP) is 1.96. The lowest BCUT2D eigenvalue weighted by atomic mass is 10.2. The minimum Gasteiger partial charge on any atom is -0.483 e. The van der Waals surface area contributed by atoms with Crippen LogP contribution in [0.4, 0.5) is 0 Å². The Labute approximate surface area is 110 Å². The van der Waals surface area contributed by atoms with Gasteiger partial charge in [-0.15, -0.1) is 0 Å². The molecular weight excluding hydrogens is 252 g/mol. The maximum atomic E-state index is 8.71. The van der Waals surface area contributed by atoms with Crippen LogP contribution < -0.4 is 0 Å². The molecule has 2 heterocycles. The number of hydrogen-bond donors (Lipinski definition) is 0. The number of ether oxygens (including phenoxy) is 1. The Morgan fingerprint density at radius 2 is 2.44 bits per heavy atom. The summed E-state index contributed by atoms with van der Waals surface area (Å²) in [5, 5.41) is 9.17. The number of rotatable bonds is 2. The van der Waals surface area contributed by atoms with E-state index in [-0.39, 0.29) is 0 Å². The number of nitrogens with zero attached hydrogens (tertiary/aromatic N) is 4. The standard InChI is InChI=1S/C12H11ClN4O/c1-18-12-8-17(11(16-12)4-5-14)7-9-2-3-10(13)15-6-9/h2-4,6H,7-8H2,1H3. The van der Waals surface area contributed by atoms with E-state index in [2.05, 4.69) is 9.98 Å². The van der Waals surface area contributed by atoms with Crippen LogP contribution in [-0.4, -0.2) is 29.4 Å². The Morgan fingerprint density at radius 1 is 1.61 bits per heavy atom. The van der Waals surface area contributed by atoms with Crippen LogP contribution in [0.2, 0.25) is 5.15 Å². The summed E-state index contributed by atoms with van der Waals surface area (Å²) in [5.41, 5.74) is 0.996. The van der Waals surface area contributed by atoms with Gasteiger partial charge in [-0.3, -0.25) is 0 Å². The van der Waals surface area contributed by atoms with Gasteiger partial charge in [0, 0.05) is 12.7 Å². The molecule has 2 rings (SSSR count). The molecule has 0 atom stereocenters. The number of aliphatic imine (C=N–C) groups is 1. The molecule has 5 nitrogen and oxygen atoms in total. The minimum atomic E-state index is 0.460. The first kappa shape index (κ1) is 12.4. The molecule has 0 radical (unpaired) electrons. The summed E-state index contributed by atoms with van der Waals surface area (Å²) in [6, 6.07) is 5.60. The SMILES string of the molecule is COC1=NC(=CC#N)N(Cc2ccc(Cl)nc2)C1. The molecular formula is C12H11ClN4O. The van der Waals surface area contributed by atoms with Crippen LogP contribution in [0.3, 0.4) is 0 Å². The molecule has 1 aromatic rings. The van der Waals surface area contributed by atoms with E-state index in [9.17, 15) is 0 Å². The van der Waals surface area contributed by atoms with Gasteiger partial charge in [0.15, 0.2) is 0 Å². The van der Waals surface area contributed by atoms with E-state index in [1.54, 1.807) is 19.4 Å². The van der Waals surface area contributed by atoms with E-state index in [0.717, 1.165) is 5.56 Å². The molecule has 92 valence electrons. The zero-order valence-corrected chi connectivity index (χ0v) is 10.6. The Kier molecular flexibility index (Phi) is 3.80. The second-order valence-electron chi connectivity index (χ2n) is 3.69. The van der Waals surface area contributed by atoms with Gasteiger partial charge < -0.3 is 9.64 Å². The van der Waals surface area contributed by atoms with Gasteiger partial charge >= 0.3 is 0 Å². The average molecular weight is 263 g/mol. The van der Waals surface area contributed by atoms with Crippen molar-refractivity contribution in [2.45, 2.75) is 6.54 Å². The number of methoxy groups -OCH3 is 1. The van der Waals surface area contributed by atoms with Gasteiger partial charge in [-0.25, -0.2) is 4.98 Å². The smallest absolute Gasteiger partial charge is 0.209 e. The second kappa shape index (κ2) is 5.52. The van der Waals surface area contributed by atoms with Crippen LogP contribution in [-0.2, 0) is 11.3 Å². The van der Waals surface area contributed by atoms with Crippen molar-refractivity contribution in [3.63, 3.8) is 0 Å². The van der Waals surface area contributed by atoms with E-state index in [4.69, 9.17) is 21.6 Å². The van der Waals surface area contributed by atoms with Gasteiger partial charge in [-0.2, -0.15) is 10.3 Å². The molecule has 0 saturated carbocycles. The summed E-state index contributed by atoms with van der Waals surface area (Å²) in [7, 11) is 1.57. The highest BCUT2D eigenvalue weighted by molar-refractivity contribution is 6.29. The normalized spacial score (nSPS) is 16.6. The van der Waals surface area contributed by atoms with Gasteiger partial charge in [0.05, 0.1) is 25.8 Å². The summed E-state index contributed by atoms with van der Waals surface area (Å²) in [6.07, 6.45) is 3.10. The fraction of sp³-hybridized carbons (Fsp3) is 0.250. The van der Waals surface area contributed by atoms with E-state index in [0.29, 0.717) is 30.0 Å². The number of halogens is 1. The lowest BCUT2D eigenvalue weighted by Gasteiger charge is -2.17. The van der Waals surface area contributed by atoms with E-state index < -0.39 is 0 Å². The third kappa shape index (κ3) is 2.79. The lowest BCUT2D eigenvalue weighted by Crippen LogP contribution is -2.22. The molecule has 6 heteroatoms. The summed E-state index contributed by atoms with van der Waals surface area (Å²) in [4.78, 5) is 10.2. The number of pyridine rings is 1. The molecule has 0 amide bonds. The highest BCUT2D eigenvalue weighted by Crippen LogP contribution is 2.18. The van der Waals surface area contributed by atoms with E-state index in [1.165, 1.54) is 6.08 Å². The second-order valence-corrected chi connectivity index (χ2v) is 4.07. The maximum absolute atomic E-state index is 8.71. The summed E-state index contributed by atoms with van der Waals surface area (Å²) in [6.45, 7) is 1.15. The quantitative estimate of drug-likeness (QED) is 0.604. The van der Waals surface area contributed by atoms with Crippen LogP contribution in [0.1, 0.15) is 5.56 Å². The Bertz CT molecular complexity index is 530. The van der Waals surface area contributed by atoms with Crippen molar-refractivity contribution in [3.8, 4) is 6.07 Å². The Hall–Kier alpha value is -2.06. The highest BCUT2D eigenvalue weighted by atomic mass is 35.5. The number of hydrogen-bond acceptors (Lipinski definition) is 5. The van der Waals surface area contributed by atoms with Crippen molar-refractivity contribution in [2.75, 3.05) is 13.7 Å². The fourth-order valence-corrected chi connectivity index (χ4v) is 1.74. The molecule has 0 aromatic carbocycles. The van der Waals surface area contributed by atoms with Crippen molar-refractivity contribution in [2.24, 2.45) is 4.99 Å². The van der Waals surface area contributed by atoms with Crippen molar-refractivity contribution in [1.29, 1.82) is 5.26 Å². The zero-order valence-electron chi connectivity index (χ0n) is 9.80. The first-order valence-electron chi connectivity index (χ1n) is 5.29. The van der Waals surface area contributed by atoms with Crippen LogP contribution >= 0.6 is 11.6 Å². The average Bonchev–Trinajstić information content (AvgIpc) is 2.75. The first-order chi connectivity index (χ1) is 8.72. The summed E-state index contributed by atoms with van der Waals surface area (Å²) < 4.78 is 5.10. The monoisotopic (exact) mass is 262 g/mol. The third-order valence-electron chi connectivity index (χ3n) is 2.48. The van der Waals surface area contributed by atoms with Crippen LogP contribution in [0.15, 0.2) is 35.2 Å². The number of allylic oxidation sites excluding steroid dienone is 1.